The summed E-state index contributed by atoms with van der Waals surface area (Å²) in [6, 6.07) is 12.1. The topological polar surface area (TPSA) is 102 Å². The smallest absolute Gasteiger partial charge is 0.298 e. The Morgan fingerprint density at radius 3 is 2.24 bits per heavy atom. The van der Waals surface area contributed by atoms with Crippen molar-refractivity contribution >= 4 is 38.3 Å². The minimum absolute atomic E-state index is 0.00265. The van der Waals surface area contributed by atoms with Gasteiger partial charge in [0.05, 0.1) is 11.0 Å². The Balaban J connectivity index is 1.29. The zero-order valence-corrected chi connectivity index (χ0v) is 24.6. The number of likely N-dealkylation sites (tertiary alicyclic amines) is 1. The monoisotopic (exact) mass is 617 g/mol. The first-order chi connectivity index (χ1) is 20.0. The molecule has 0 spiro atoms. The van der Waals surface area contributed by atoms with Crippen molar-refractivity contribution in [2.75, 3.05) is 13.1 Å². The molecule has 1 saturated heterocycles. The molecule has 1 heterocycles. The van der Waals surface area contributed by atoms with Gasteiger partial charge in [-0.2, -0.15) is 13.5 Å². The maximum Gasteiger partial charge on any atom is 0.298 e. The van der Waals surface area contributed by atoms with Gasteiger partial charge in [0.25, 0.3) is 5.92 Å². The normalized spacial score (nSPS) is 23.8. The zero-order chi connectivity index (χ0) is 29.6. The summed E-state index contributed by atoms with van der Waals surface area (Å²) in [4.78, 5) is 14.9. The van der Waals surface area contributed by atoms with Crippen molar-refractivity contribution in [3.63, 3.8) is 0 Å². The molecule has 6 rings (SSSR count). The second-order valence-electron chi connectivity index (χ2n) is 11.8. The van der Waals surface area contributed by atoms with E-state index >= 15 is 8.78 Å². The largest absolute Gasteiger partial charge is 0.490 e. The number of nitrogens with zero attached hydrogens (tertiary/aromatic N) is 1. The Kier molecular flexibility index (Phi) is 7.93. The van der Waals surface area contributed by atoms with E-state index in [9.17, 15) is 13.2 Å². The number of carbonyl (C=O) groups excluding carboxylic acids is 1. The van der Waals surface area contributed by atoms with E-state index in [2.05, 4.69) is 4.72 Å². The highest BCUT2D eigenvalue weighted by Gasteiger charge is 2.52. The van der Waals surface area contributed by atoms with Crippen molar-refractivity contribution in [2.24, 2.45) is 17.6 Å². The average molecular weight is 618 g/mol. The maximum absolute atomic E-state index is 16.1. The van der Waals surface area contributed by atoms with Crippen LogP contribution in [0.2, 0.25) is 5.02 Å². The van der Waals surface area contributed by atoms with Crippen LogP contribution in [0.4, 0.5) is 8.78 Å². The minimum Gasteiger partial charge on any atom is -0.490 e. The number of hydrogen-bond donors (Lipinski definition) is 2. The molecule has 1 unspecified atom stereocenters. The van der Waals surface area contributed by atoms with Gasteiger partial charge in [-0.3, -0.25) is 4.79 Å². The molecule has 1 aliphatic heterocycles. The molecule has 3 fully saturated rings. The molecule has 2 aliphatic carbocycles. The van der Waals surface area contributed by atoms with E-state index in [1.165, 1.54) is 29.2 Å². The molecule has 2 saturated carbocycles. The lowest BCUT2D eigenvalue weighted by atomic mass is 9.92. The third-order valence-corrected chi connectivity index (χ3v) is 10.7. The fraction of sp³-hybridized carbons (Fsp3) is 0.452. The molecule has 3 aromatic carbocycles. The van der Waals surface area contributed by atoms with Gasteiger partial charge in [0.2, 0.25) is 15.9 Å². The summed E-state index contributed by atoms with van der Waals surface area (Å²) in [6.45, 7) is 0.430. The number of amides is 1. The van der Waals surface area contributed by atoms with E-state index in [-0.39, 0.29) is 47.0 Å². The molecule has 2 bridgehead atoms. The third-order valence-electron chi connectivity index (χ3n) is 9.03. The molecule has 0 aromatic heterocycles. The number of alkyl halides is 2. The van der Waals surface area contributed by atoms with Gasteiger partial charge >= 0.3 is 0 Å². The van der Waals surface area contributed by atoms with Crippen molar-refractivity contribution in [1.82, 2.24) is 9.62 Å². The number of rotatable bonds is 8. The number of benzene rings is 3. The number of carbonyl (C=O) groups is 1. The second-order valence-corrected chi connectivity index (χ2v) is 13.9. The second kappa shape index (κ2) is 11.4. The SMILES string of the molecule is NC1[C@@H]2CC[C@H]1CN(C(=O)[C@@H](NS(=O)(=O)c1ccc3cc(OC4CCCC4)ccc3c1)C(F)(F)c1ccc(Cl)cc1)C2. The Morgan fingerprint density at radius 2 is 1.57 bits per heavy atom. The Labute approximate surface area is 249 Å². The van der Waals surface area contributed by atoms with Crippen molar-refractivity contribution in [1.29, 1.82) is 0 Å². The molecule has 224 valence electrons. The molecule has 4 atom stereocenters. The van der Waals surface area contributed by atoms with Gasteiger partial charge in [-0.25, -0.2) is 8.42 Å². The highest BCUT2D eigenvalue weighted by Crippen LogP contribution is 2.39. The number of hydrogen-bond acceptors (Lipinski definition) is 5. The summed E-state index contributed by atoms with van der Waals surface area (Å²) in [5.74, 6) is -4.14. The van der Waals surface area contributed by atoms with E-state index in [0.717, 1.165) is 56.0 Å². The summed E-state index contributed by atoms with van der Waals surface area (Å²) < 4.78 is 67.6. The fourth-order valence-electron chi connectivity index (χ4n) is 6.61. The van der Waals surface area contributed by atoms with Crippen molar-refractivity contribution in [3.8, 4) is 5.75 Å². The lowest BCUT2D eigenvalue weighted by Gasteiger charge is -2.39. The van der Waals surface area contributed by atoms with Crippen molar-refractivity contribution in [3.05, 3.63) is 71.2 Å². The van der Waals surface area contributed by atoms with E-state index in [0.29, 0.717) is 11.1 Å². The summed E-state index contributed by atoms with van der Waals surface area (Å²) >= 11 is 5.91. The molecule has 11 heteroatoms. The highest BCUT2D eigenvalue weighted by atomic mass is 35.5. The van der Waals surface area contributed by atoms with Crippen LogP contribution in [0.25, 0.3) is 10.8 Å². The van der Waals surface area contributed by atoms with Crippen LogP contribution >= 0.6 is 11.6 Å². The molecule has 0 radical (unpaired) electrons. The van der Waals surface area contributed by atoms with Crippen LogP contribution in [-0.2, 0) is 20.7 Å². The molecule has 7 nitrogen and oxygen atoms in total. The highest BCUT2D eigenvalue weighted by molar-refractivity contribution is 7.89. The number of nitrogens with two attached hydrogens (primary N) is 1. The number of sulfonamides is 1. The van der Waals surface area contributed by atoms with E-state index < -0.39 is 33.5 Å². The standard InChI is InChI=1S/C31H34ClF2N3O4S/c32-24-11-9-23(10-12-24)31(33,34)29(30(38)37-17-21-5-6-22(18-37)28(21)35)36-42(39,40)27-14-8-19-15-26(13-7-20(19)16-27)41-25-3-1-2-4-25/h7-16,21-22,25,28-29,36H,1-6,17-18,35H2/t21-,22+,28?,29-/m1/s1. The fourth-order valence-corrected chi connectivity index (χ4v) is 7.96. The quantitative estimate of drug-likeness (QED) is 0.350. The van der Waals surface area contributed by atoms with Crippen LogP contribution in [0.5, 0.6) is 5.75 Å². The van der Waals surface area contributed by atoms with Crippen LogP contribution in [-0.4, -0.2) is 50.5 Å². The zero-order valence-electron chi connectivity index (χ0n) is 23.0. The van der Waals surface area contributed by atoms with Gasteiger partial charge in [0, 0.05) is 29.7 Å². The number of halogens is 3. The van der Waals surface area contributed by atoms with Crippen LogP contribution in [0.15, 0.2) is 65.6 Å². The van der Waals surface area contributed by atoms with Crippen LogP contribution in [0, 0.1) is 11.8 Å². The average Bonchev–Trinajstić information content (AvgIpc) is 3.53. The van der Waals surface area contributed by atoms with Crippen LogP contribution < -0.4 is 15.2 Å². The molecular formula is C31H34ClF2N3O4S. The first-order valence-electron chi connectivity index (χ1n) is 14.4. The lowest BCUT2D eigenvalue weighted by Crippen LogP contribution is -2.60. The number of fused-ring (bicyclic) bond motifs is 3. The molecule has 3 aromatic rings. The first kappa shape index (κ1) is 29.3. The number of ether oxygens (including phenoxy) is 1. The Hall–Kier alpha value is -2.79. The molecule has 3 aliphatic rings. The van der Waals surface area contributed by atoms with Gasteiger partial charge in [0.1, 0.15) is 5.75 Å². The molecule has 1 amide bonds. The van der Waals surface area contributed by atoms with Crippen LogP contribution in [0.3, 0.4) is 0 Å². The van der Waals surface area contributed by atoms with Gasteiger partial charge < -0.3 is 15.4 Å². The van der Waals surface area contributed by atoms with Gasteiger partial charge in [-0.1, -0.05) is 35.9 Å². The molecule has 3 N–H and O–H groups in total. The predicted molar refractivity (Wildman–Crippen MR) is 157 cm³/mol. The number of piperidine rings is 1. The summed E-state index contributed by atoms with van der Waals surface area (Å²) in [5, 5.41) is 1.60. The van der Waals surface area contributed by atoms with Gasteiger partial charge in [-0.05, 0) is 97.5 Å². The first-order valence-corrected chi connectivity index (χ1v) is 16.3. The molecular weight excluding hydrogens is 584 g/mol. The molecule has 42 heavy (non-hydrogen) atoms. The van der Waals surface area contributed by atoms with Crippen molar-refractivity contribution < 1.29 is 26.7 Å². The summed E-state index contributed by atoms with van der Waals surface area (Å²) in [5.41, 5.74) is 5.75. The van der Waals surface area contributed by atoms with Gasteiger partial charge in [-0.15, -0.1) is 0 Å². The minimum atomic E-state index is -4.54. The predicted octanol–water partition coefficient (Wildman–Crippen LogP) is 5.45. The third kappa shape index (κ3) is 5.74. The van der Waals surface area contributed by atoms with Gasteiger partial charge in [0.15, 0.2) is 6.04 Å². The Bertz CT molecular complexity index is 1570. The van der Waals surface area contributed by atoms with Crippen molar-refractivity contribution in [2.45, 2.75) is 67.5 Å². The Morgan fingerprint density at radius 1 is 0.952 bits per heavy atom. The van der Waals surface area contributed by atoms with E-state index in [1.54, 1.807) is 18.2 Å². The maximum atomic E-state index is 16.1. The van der Waals surface area contributed by atoms with E-state index in [4.69, 9.17) is 22.1 Å². The summed E-state index contributed by atoms with van der Waals surface area (Å²) in [6.07, 6.45) is 6.08. The van der Waals surface area contributed by atoms with Crippen LogP contribution in [0.1, 0.15) is 44.1 Å². The summed E-state index contributed by atoms with van der Waals surface area (Å²) in [7, 11) is -4.54. The lowest BCUT2D eigenvalue weighted by molar-refractivity contribution is -0.146. The number of nitrogens with one attached hydrogen (secondary N) is 1. The van der Waals surface area contributed by atoms with E-state index in [1.807, 2.05) is 6.07 Å².